The molecule has 0 aromatic carbocycles. The van der Waals surface area contributed by atoms with Gasteiger partial charge in [0.15, 0.2) is 0 Å². The predicted octanol–water partition coefficient (Wildman–Crippen LogP) is 0.838. The van der Waals surface area contributed by atoms with Crippen molar-refractivity contribution in [1.29, 1.82) is 0 Å². The second-order valence-electron chi connectivity index (χ2n) is 3.80. The van der Waals surface area contributed by atoms with Crippen LogP contribution in [0.1, 0.15) is 26.7 Å². The Hall–Kier alpha value is -0.830. The smallest absolute Gasteiger partial charge is 0.223 e. The van der Waals surface area contributed by atoms with Crippen LogP contribution in [0.25, 0.3) is 0 Å². The van der Waals surface area contributed by atoms with Crippen molar-refractivity contribution in [1.82, 2.24) is 5.32 Å². The summed E-state index contributed by atoms with van der Waals surface area (Å²) in [5.74, 6) is 0.103. The van der Waals surface area contributed by atoms with Crippen molar-refractivity contribution in [2.24, 2.45) is 5.92 Å². The van der Waals surface area contributed by atoms with Crippen molar-refractivity contribution in [2.75, 3.05) is 0 Å². The zero-order valence-electron chi connectivity index (χ0n) is 8.16. The van der Waals surface area contributed by atoms with Crippen LogP contribution in [0, 0.1) is 5.92 Å². The molecular formula is C10H17NO2. The first-order valence-corrected chi connectivity index (χ1v) is 4.76. The van der Waals surface area contributed by atoms with Gasteiger partial charge < -0.3 is 10.4 Å². The number of carbonyl (C=O) groups is 1. The second kappa shape index (κ2) is 4.42. The fourth-order valence-corrected chi connectivity index (χ4v) is 1.27. The van der Waals surface area contributed by atoms with Crippen molar-refractivity contribution >= 4 is 5.91 Å². The van der Waals surface area contributed by atoms with E-state index in [4.69, 9.17) is 0 Å². The van der Waals surface area contributed by atoms with Crippen LogP contribution in [-0.2, 0) is 4.79 Å². The maximum absolute atomic E-state index is 11.3. The van der Waals surface area contributed by atoms with E-state index in [1.165, 1.54) is 0 Å². The average Bonchev–Trinajstić information content (AvgIpc) is 2.08. The van der Waals surface area contributed by atoms with Gasteiger partial charge in [-0.05, 0) is 12.8 Å². The lowest BCUT2D eigenvalue weighted by Crippen LogP contribution is -2.38. The quantitative estimate of drug-likeness (QED) is 0.623. The third-order valence-electron chi connectivity index (χ3n) is 2.19. The zero-order chi connectivity index (χ0) is 9.84. The first kappa shape index (κ1) is 10.3. The van der Waals surface area contributed by atoms with Gasteiger partial charge in [0.25, 0.3) is 0 Å². The first-order chi connectivity index (χ1) is 6.09. The van der Waals surface area contributed by atoms with Gasteiger partial charge in [0.2, 0.25) is 5.91 Å². The molecule has 0 saturated heterocycles. The molecular weight excluding hydrogens is 166 g/mol. The van der Waals surface area contributed by atoms with Crippen LogP contribution >= 0.6 is 0 Å². The molecule has 0 fully saturated rings. The lowest BCUT2D eigenvalue weighted by atomic mass is 10.00. The van der Waals surface area contributed by atoms with E-state index in [0.29, 0.717) is 0 Å². The molecule has 74 valence electrons. The lowest BCUT2D eigenvalue weighted by molar-refractivity contribution is -0.124. The van der Waals surface area contributed by atoms with Gasteiger partial charge in [-0.1, -0.05) is 26.0 Å². The van der Waals surface area contributed by atoms with E-state index < -0.39 is 0 Å². The van der Waals surface area contributed by atoms with Crippen LogP contribution in [0.15, 0.2) is 12.2 Å². The predicted molar refractivity (Wildman–Crippen MR) is 51.1 cm³/mol. The first-order valence-electron chi connectivity index (χ1n) is 4.76. The van der Waals surface area contributed by atoms with Gasteiger partial charge in [0.1, 0.15) is 0 Å². The molecule has 0 radical (unpaired) electrons. The third kappa shape index (κ3) is 3.19. The number of hydrogen-bond donors (Lipinski definition) is 2. The molecule has 13 heavy (non-hydrogen) atoms. The summed E-state index contributed by atoms with van der Waals surface area (Å²) >= 11 is 0. The van der Waals surface area contributed by atoms with Crippen LogP contribution in [0.2, 0.25) is 0 Å². The largest absolute Gasteiger partial charge is 0.389 e. The number of amides is 1. The highest BCUT2D eigenvalue weighted by Gasteiger charge is 2.16. The fraction of sp³-hybridized carbons (Fsp3) is 0.700. The lowest BCUT2D eigenvalue weighted by Gasteiger charge is -2.21. The van der Waals surface area contributed by atoms with Gasteiger partial charge >= 0.3 is 0 Å². The van der Waals surface area contributed by atoms with Gasteiger partial charge in [-0.3, -0.25) is 4.79 Å². The van der Waals surface area contributed by atoms with Crippen LogP contribution in [0.4, 0.5) is 0 Å². The molecule has 0 saturated carbocycles. The molecule has 0 heterocycles. The van der Waals surface area contributed by atoms with E-state index in [1.54, 1.807) is 6.08 Å². The highest BCUT2D eigenvalue weighted by atomic mass is 16.3. The Labute approximate surface area is 78.8 Å². The van der Waals surface area contributed by atoms with Crippen molar-refractivity contribution in [3.8, 4) is 0 Å². The minimum absolute atomic E-state index is 0.0280. The summed E-state index contributed by atoms with van der Waals surface area (Å²) in [6.07, 6.45) is 4.85. The Morgan fingerprint density at radius 1 is 1.46 bits per heavy atom. The monoisotopic (exact) mass is 183 g/mol. The van der Waals surface area contributed by atoms with Crippen LogP contribution in [0.3, 0.4) is 0 Å². The molecule has 0 unspecified atom stereocenters. The summed E-state index contributed by atoms with van der Waals surface area (Å²) in [7, 11) is 0. The van der Waals surface area contributed by atoms with Crippen LogP contribution in [0.5, 0.6) is 0 Å². The summed E-state index contributed by atoms with van der Waals surface area (Å²) in [4.78, 5) is 11.3. The van der Waals surface area contributed by atoms with Crippen molar-refractivity contribution in [3.63, 3.8) is 0 Å². The Kier molecular flexibility index (Phi) is 3.48. The maximum atomic E-state index is 11.3. The van der Waals surface area contributed by atoms with Gasteiger partial charge in [0.05, 0.1) is 6.10 Å². The minimum atomic E-state index is -0.327. The Morgan fingerprint density at radius 3 is 2.62 bits per heavy atom. The molecule has 2 N–H and O–H groups in total. The maximum Gasteiger partial charge on any atom is 0.223 e. The highest BCUT2D eigenvalue weighted by Crippen LogP contribution is 2.11. The molecule has 0 aromatic heterocycles. The van der Waals surface area contributed by atoms with Gasteiger partial charge in [0, 0.05) is 12.0 Å². The van der Waals surface area contributed by atoms with Crippen LogP contribution < -0.4 is 5.32 Å². The van der Waals surface area contributed by atoms with E-state index >= 15 is 0 Å². The molecule has 1 rings (SSSR count). The molecule has 0 aliphatic heterocycles. The average molecular weight is 183 g/mol. The number of hydrogen-bond acceptors (Lipinski definition) is 2. The van der Waals surface area contributed by atoms with Gasteiger partial charge in [-0.2, -0.15) is 0 Å². The normalized spacial score (nSPS) is 27.7. The summed E-state index contributed by atoms with van der Waals surface area (Å²) in [6, 6.07) is 0.110. The van der Waals surface area contributed by atoms with E-state index in [-0.39, 0.29) is 24.0 Å². The molecule has 0 spiro atoms. The number of nitrogens with one attached hydrogen (secondary N) is 1. The van der Waals surface area contributed by atoms with Crippen molar-refractivity contribution in [2.45, 2.75) is 38.8 Å². The van der Waals surface area contributed by atoms with E-state index in [2.05, 4.69) is 5.32 Å². The Balaban J connectivity index is 2.38. The highest BCUT2D eigenvalue weighted by molar-refractivity contribution is 5.78. The molecule has 3 nitrogen and oxygen atoms in total. The van der Waals surface area contributed by atoms with E-state index in [1.807, 2.05) is 19.9 Å². The molecule has 0 aromatic rings. The van der Waals surface area contributed by atoms with Gasteiger partial charge in [-0.25, -0.2) is 0 Å². The zero-order valence-corrected chi connectivity index (χ0v) is 8.16. The minimum Gasteiger partial charge on any atom is -0.389 e. The van der Waals surface area contributed by atoms with Crippen molar-refractivity contribution in [3.05, 3.63) is 12.2 Å². The fourth-order valence-electron chi connectivity index (χ4n) is 1.27. The standard InChI is InChI=1S/C10H17NO2/c1-7(2)10(13)11-8-3-5-9(12)6-4-8/h3,5,7-9,12H,4,6H2,1-2H3,(H,11,13)/t8-,9+/m1/s1. The molecule has 2 atom stereocenters. The number of aliphatic hydroxyl groups is 1. The number of rotatable bonds is 2. The molecule has 3 heteroatoms. The second-order valence-corrected chi connectivity index (χ2v) is 3.80. The summed E-state index contributed by atoms with van der Waals surface area (Å²) < 4.78 is 0. The summed E-state index contributed by atoms with van der Waals surface area (Å²) in [5, 5.41) is 12.1. The van der Waals surface area contributed by atoms with Crippen molar-refractivity contribution < 1.29 is 9.90 Å². The van der Waals surface area contributed by atoms with E-state index in [9.17, 15) is 9.90 Å². The number of aliphatic hydroxyl groups excluding tert-OH is 1. The third-order valence-corrected chi connectivity index (χ3v) is 2.19. The molecule has 1 aliphatic rings. The topological polar surface area (TPSA) is 49.3 Å². The van der Waals surface area contributed by atoms with Crippen LogP contribution in [-0.4, -0.2) is 23.2 Å². The summed E-state index contributed by atoms with van der Waals surface area (Å²) in [6.45, 7) is 3.74. The van der Waals surface area contributed by atoms with Gasteiger partial charge in [-0.15, -0.1) is 0 Å². The summed E-state index contributed by atoms with van der Waals surface area (Å²) in [5.41, 5.74) is 0. The number of carbonyl (C=O) groups excluding carboxylic acids is 1. The molecule has 0 bridgehead atoms. The Morgan fingerprint density at radius 2 is 2.15 bits per heavy atom. The molecule has 1 amide bonds. The Bertz CT molecular complexity index is 211. The molecule has 1 aliphatic carbocycles. The van der Waals surface area contributed by atoms with E-state index in [0.717, 1.165) is 12.8 Å². The SMILES string of the molecule is CC(C)C(=O)N[C@@H]1C=C[C@H](O)CC1.